The SMILES string of the molecule is O[C@H](CF)COCc1ccccc1. The standard InChI is InChI=1S/C10H13FO2/c11-6-10(12)8-13-7-9-4-2-1-3-5-9/h1-5,10,12H,6-8H2/t10-/m1/s1. The van der Waals surface area contributed by atoms with E-state index < -0.39 is 12.8 Å². The van der Waals surface area contributed by atoms with Gasteiger partial charge < -0.3 is 9.84 Å². The monoisotopic (exact) mass is 184 g/mol. The van der Waals surface area contributed by atoms with Crippen molar-refractivity contribution in [3.8, 4) is 0 Å². The van der Waals surface area contributed by atoms with Gasteiger partial charge in [-0.05, 0) is 5.56 Å². The summed E-state index contributed by atoms with van der Waals surface area (Å²) in [6.45, 7) is -0.294. The fourth-order valence-electron chi connectivity index (χ4n) is 0.932. The molecule has 0 fully saturated rings. The maximum atomic E-state index is 11.8. The zero-order valence-electron chi connectivity index (χ0n) is 7.32. The lowest BCUT2D eigenvalue weighted by Gasteiger charge is -2.06. The molecule has 13 heavy (non-hydrogen) atoms. The van der Waals surface area contributed by atoms with Crippen molar-refractivity contribution in [1.29, 1.82) is 0 Å². The van der Waals surface area contributed by atoms with Crippen molar-refractivity contribution in [3.63, 3.8) is 0 Å². The molecule has 1 atom stereocenters. The van der Waals surface area contributed by atoms with Gasteiger partial charge in [0, 0.05) is 0 Å². The smallest absolute Gasteiger partial charge is 0.118 e. The van der Waals surface area contributed by atoms with Crippen LogP contribution in [0.4, 0.5) is 4.39 Å². The Bertz CT molecular complexity index is 226. The van der Waals surface area contributed by atoms with E-state index in [1.807, 2.05) is 30.3 Å². The number of aliphatic hydroxyl groups is 1. The Morgan fingerprint density at radius 3 is 2.62 bits per heavy atom. The molecule has 72 valence electrons. The van der Waals surface area contributed by atoms with Crippen molar-refractivity contribution >= 4 is 0 Å². The Hall–Kier alpha value is -0.930. The van der Waals surface area contributed by atoms with Crippen LogP contribution >= 0.6 is 0 Å². The number of alkyl halides is 1. The highest BCUT2D eigenvalue weighted by atomic mass is 19.1. The Morgan fingerprint density at radius 1 is 1.31 bits per heavy atom. The van der Waals surface area contributed by atoms with Crippen molar-refractivity contribution < 1.29 is 14.2 Å². The highest BCUT2D eigenvalue weighted by molar-refractivity contribution is 5.13. The largest absolute Gasteiger partial charge is 0.388 e. The highest BCUT2D eigenvalue weighted by Gasteiger charge is 2.02. The molecule has 0 aromatic heterocycles. The van der Waals surface area contributed by atoms with Crippen LogP contribution in [0.15, 0.2) is 30.3 Å². The van der Waals surface area contributed by atoms with Crippen LogP contribution in [-0.2, 0) is 11.3 Å². The van der Waals surface area contributed by atoms with Gasteiger partial charge in [-0.3, -0.25) is 0 Å². The van der Waals surface area contributed by atoms with E-state index in [4.69, 9.17) is 9.84 Å². The number of rotatable bonds is 5. The highest BCUT2D eigenvalue weighted by Crippen LogP contribution is 2.00. The third-order valence-corrected chi connectivity index (χ3v) is 1.60. The fourth-order valence-corrected chi connectivity index (χ4v) is 0.932. The van der Waals surface area contributed by atoms with Gasteiger partial charge >= 0.3 is 0 Å². The van der Waals surface area contributed by atoms with Crippen molar-refractivity contribution in [2.24, 2.45) is 0 Å². The lowest BCUT2D eigenvalue weighted by atomic mass is 10.2. The number of hydrogen-bond acceptors (Lipinski definition) is 2. The van der Waals surface area contributed by atoms with Crippen LogP contribution in [0.3, 0.4) is 0 Å². The fraction of sp³-hybridized carbons (Fsp3) is 0.400. The van der Waals surface area contributed by atoms with Crippen molar-refractivity contribution in [1.82, 2.24) is 0 Å². The second kappa shape index (κ2) is 5.67. The Morgan fingerprint density at radius 2 is 2.00 bits per heavy atom. The molecule has 0 aliphatic heterocycles. The molecule has 0 bridgehead atoms. The van der Waals surface area contributed by atoms with Crippen LogP contribution in [0.25, 0.3) is 0 Å². The third-order valence-electron chi connectivity index (χ3n) is 1.60. The Balaban J connectivity index is 2.20. The molecule has 0 saturated heterocycles. The lowest BCUT2D eigenvalue weighted by Crippen LogP contribution is -2.16. The summed E-state index contributed by atoms with van der Waals surface area (Å²) >= 11 is 0. The second-order valence-electron chi connectivity index (χ2n) is 2.81. The van der Waals surface area contributed by atoms with Crippen LogP contribution < -0.4 is 0 Å². The predicted molar refractivity (Wildman–Crippen MR) is 48.1 cm³/mol. The van der Waals surface area contributed by atoms with E-state index in [1.54, 1.807) is 0 Å². The van der Waals surface area contributed by atoms with E-state index in [0.717, 1.165) is 5.56 Å². The Kier molecular flexibility index (Phi) is 4.43. The minimum Gasteiger partial charge on any atom is -0.388 e. The van der Waals surface area contributed by atoms with Crippen molar-refractivity contribution in [2.75, 3.05) is 13.3 Å². The summed E-state index contributed by atoms with van der Waals surface area (Å²) in [6, 6.07) is 9.57. The zero-order chi connectivity index (χ0) is 9.52. The van der Waals surface area contributed by atoms with Crippen LogP contribution in [0, 0.1) is 0 Å². The topological polar surface area (TPSA) is 29.5 Å². The molecule has 0 aliphatic rings. The molecule has 0 saturated carbocycles. The van der Waals surface area contributed by atoms with Crippen LogP contribution in [-0.4, -0.2) is 24.5 Å². The Labute approximate surface area is 77.0 Å². The first-order valence-corrected chi connectivity index (χ1v) is 4.18. The maximum Gasteiger partial charge on any atom is 0.118 e. The van der Waals surface area contributed by atoms with Gasteiger partial charge in [0.1, 0.15) is 12.8 Å². The average molecular weight is 184 g/mol. The third kappa shape index (κ3) is 4.01. The quantitative estimate of drug-likeness (QED) is 0.752. The average Bonchev–Trinajstić information content (AvgIpc) is 2.19. The van der Waals surface area contributed by atoms with Crippen LogP contribution in [0.2, 0.25) is 0 Å². The van der Waals surface area contributed by atoms with Gasteiger partial charge in [-0.15, -0.1) is 0 Å². The molecular weight excluding hydrogens is 171 g/mol. The number of ether oxygens (including phenoxy) is 1. The van der Waals surface area contributed by atoms with Crippen molar-refractivity contribution in [3.05, 3.63) is 35.9 Å². The molecule has 0 spiro atoms. The summed E-state index contributed by atoms with van der Waals surface area (Å²) in [7, 11) is 0. The van der Waals surface area contributed by atoms with E-state index in [-0.39, 0.29) is 6.61 Å². The van der Waals surface area contributed by atoms with Gasteiger partial charge in [0.25, 0.3) is 0 Å². The summed E-state index contributed by atoms with van der Waals surface area (Å²) in [5, 5.41) is 8.84. The molecule has 0 unspecified atom stereocenters. The maximum absolute atomic E-state index is 11.8. The normalized spacial score (nSPS) is 12.8. The molecule has 1 rings (SSSR count). The molecule has 0 heterocycles. The predicted octanol–water partition coefficient (Wildman–Crippen LogP) is 1.53. The molecule has 1 aromatic carbocycles. The molecule has 1 aromatic rings. The van der Waals surface area contributed by atoms with E-state index in [2.05, 4.69) is 0 Å². The van der Waals surface area contributed by atoms with E-state index in [9.17, 15) is 4.39 Å². The van der Waals surface area contributed by atoms with Crippen molar-refractivity contribution in [2.45, 2.75) is 12.7 Å². The van der Waals surface area contributed by atoms with Gasteiger partial charge in [0.05, 0.1) is 13.2 Å². The minimum atomic E-state index is -0.997. The number of hydrogen-bond donors (Lipinski definition) is 1. The first-order chi connectivity index (χ1) is 6.33. The number of benzene rings is 1. The number of aliphatic hydroxyl groups excluding tert-OH is 1. The summed E-state index contributed by atoms with van der Waals surface area (Å²) in [5.74, 6) is 0. The lowest BCUT2D eigenvalue weighted by molar-refractivity contribution is 0.0168. The second-order valence-corrected chi connectivity index (χ2v) is 2.81. The number of halogens is 1. The summed E-state index contributed by atoms with van der Waals surface area (Å²) in [6.07, 6.45) is -0.997. The summed E-state index contributed by atoms with van der Waals surface area (Å²) < 4.78 is 16.9. The summed E-state index contributed by atoms with van der Waals surface area (Å²) in [5.41, 5.74) is 1.02. The van der Waals surface area contributed by atoms with Crippen LogP contribution in [0.1, 0.15) is 5.56 Å². The van der Waals surface area contributed by atoms with Gasteiger partial charge in [0.15, 0.2) is 0 Å². The first kappa shape index (κ1) is 10.2. The summed E-state index contributed by atoms with van der Waals surface area (Å²) in [4.78, 5) is 0. The van der Waals surface area contributed by atoms with Crippen LogP contribution in [0.5, 0.6) is 0 Å². The van der Waals surface area contributed by atoms with Gasteiger partial charge in [0.2, 0.25) is 0 Å². The minimum absolute atomic E-state index is 0.0470. The first-order valence-electron chi connectivity index (χ1n) is 4.18. The van der Waals surface area contributed by atoms with E-state index >= 15 is 0 Å². The molecule has 3 heteroatoms. The molecule has 0 amide bonds. The molecule has 2 nitrogen and oxygen atoms in total. The van der Waals surface area contributed by atoms with E-state index in [1.165, 1.54) is 0 Å². The molecular formula is C10H13FO2. The zero-order valence-corrected chi connectivity index (χ0v) is 7.32. The van der Waals surface area contributed by atoms with Gasteiger partial charge in [-0.25, -0.2) is 4.39 Å². The molecule has 0 aliphatic carbocycles. The van der Waals surface area contributed by atoms with E-state index in [0.29, 0.717) is 6.61 Å². The molecule has 1 N–H and O–H groups in total. The van der Waals surface area contributed by atoms with Gasteiger partial charge in [-0.2, -0.15) is 0 Å². The molecule has 0 radical (unpaired) electrons. The van der Waals surface area contributed by atoms with Gasteiger partial charge in [-0.1, -0.05) is 30.3 Å².